The van der Waals surface area contributed by atoms with Gasteiger partial charge < -0.3 is 19.3 Å². The Balaban J connectivity index is 1.39. The normalized spacial score (nSPS) is 22.6. The Morgan fingerprint density at radius 1 is 1.06 bits per heavy atom. The van der Waals surface area contributed by atoms with Gasteiger partial charge in [-0.15, -0.1) is 0 Å². The molecule has 1 aromatic carbocycles. The lowest BCUT2D eigenvalue weighted by Crippen LogP contribution is -2.57. The van der Waals surface area contributed by atoms with Crippen molar-refractivity contribution in [2.24, 2.45) is 18.9 Å². The minimum atomic E-state index is -0.328. The molecule has 1 aliphatic carbocycles. The summed E-state index contributed by atoms with van der Waals surface area (Å²) in [5.41, 5.74) is -0.0552. The van der Waals surface area contributed by atoms with Crippen LogP contribution in [0.15, 0.2) is 27.8 Å². The number of piperazine rings is 1. The Bertz CT molecular complexity index is 1240. The lowest BCUT2D eigenvalue weighted by Gasteiger charge is -2.41. The first kappa shape index (κ1) is 25.9. The van der Waals surface area contributed by atoms with Crippen LogP contribution in [0.2, 0.25) is 0 Å². The molecule has 2 heterocycles. The van der Waals surface area contributed by atoms with Gasteiger partial charge >= 0.3 is 5.69 Å². The Labute approximate surface area is 210 Å². The molecule has 1 saturated heterocycles. The molecule has 36 heavy (non-hydrogen) atoms. The molecule has 0 unspecified atom stereocenters. The molecule has 2 aliphatic rings. The van der Waals surface area contributed by atoms with Gasteiger partial charge in [0.1, 0.15) is 12.4 Å². The Morgan fingerprint density at radius 3 is 2.42 bits per heavy atom. The SMILES string of the molecule is COCC(=O)N1CCN(C(=O)[C@H]2CC[C@H](Cn3c(=O)c4cc(OC)ccc4n(C)c3=O)CC2)C[C@H]1C. The van der Waals surface area contributed by atoms with Crippen molar-refractivity contribution in [1.82, 2.24) is 18.9 Å². The van der Waals surface area contributed by atoms with Crippen molar-refractivity contribution in [1.29, 1.82) is 0 Å². The van der Waals surface area contributed by atoms with E-state index in [0.29, 0.717) is 42.8 Å². The molecule has 1 aliphatic heterocycles. The number of carbonyl (C=O) groups excluding carboxylic acids is 2. The fourth-order valence-corrected chi connectivity index (χ4v) is 5.63. The minimum absolute atomic E-state index is 0.0451. The molecule has 4 rings (SSSR count). The predicted octanol–water partition coefficient (Wildman–Crippen LogP) is 1.22. The number of carbonyl (C=O) groups is 2. The van der Waals surface area contributed by atoms with Crippen LogP contribution in [0.3, 0.4) is 0 Å². The van der Waals surface area contributed by atoms with Crippen molar-refractivity contribution in [2.45, 2.75) is 45.2 Å². The number of nitrogens with zero attached hydrogens (tertiary/aromatic N) is 4. The van der Waals surface area contributed by atoms with E-state index in [1.54, 1.807) is 37.3 Å². The summed E-state index contributed by atoms with van der Waals surface area (Å²) in [6.07, 6.45) is 3.03. The first-order valence-corrected chi connectivity index (χ1v) is 12.6. The van der Waals surface area contributed by atoms with E-state index >= 15 is 0 Å². The number of hydrogen-bond donors (Lipinski definition) is 0. The summed E-state index contributed by atoms with van der Waals surface area (Å²) < 4.78 is 13.0. The Morgan fingerprint density at radius 2 is 1.78 bits per heavy atom. The van der Waals surface area contributed by atoms with Crippen molar-refractivity contribution < 1.29 is 19.1 Å². The molecule has 0 bridgehead atoms. The van der Waals surface area contributed by atoms with Gasteiger partial charge in [0.15, 0.2) is 0 Å². The second-order valence-electron chi connectivity index (χ2n) is 10.0. The van der Waals surface area contributed by atoms with Crippen LogP contribution in [-0.2, 0) is 27.9 Å². The van der Waals surface area contributed by atoms with Crippen LogP contribution in [0.4, 0.5) is 0 Å². The topological polar surface area (TPSA) is 103 Å². The van der Waals surface area contributed by atoms with E-state index in [1.807, 2.05) is 11.8 Å². The highest BCUT2D eigenvalue weighted by molar-refractivity contribution is 5.81. The van der Waals surface area contributed by atoms with Crippen LogP contribution in [0.5, 0.6) is 5.75 Å². The third kappa shape index (κ3) is 5.04. The largest absolute Gasteiger partial charge is 0.497 e. The molecule has 1 atom stereocenters. The lowest BCUT2D eigenvalue weighted by atomic mass is 9.81. The van der Waals surface area contributed by atoms with Gasteiger partial charge in [0, 0.05) is 52.3 Å². The summed E-state index contributed by atoms with van der Waals surface area (Å²) in [6, 6.07) is 5.09. The molecule has 2 fully saturated rings. The molecule has 1 saturated carbocycles. The maximum Gasteiger partial charge on any atom is 0.331 e. The van der Waals surface area contributed by atoms with Gasteiger partial charge in [0.25, 0.3) is 5.56 Å². The molecular weight excluding hydrogens is 464 g/mol. The highest BCUT2D eigenvalue weighted by atomic mass is 16.5. The molecule has 196 valence electrons. The molecule has 1 aromatic heterocycles. The molecule has 0 spiro atoms. The van der Waals surface area contributed by atoms with E-state index < -0.39 is 0 Å². The van der Waals surface area contributed by atoms with Gasteiger partial charge in [0.05, 0.1) is 18.0 Å². The maximum atomic E-state index is 13.2. The summed E-state index contributed by atoms with van der Waals surface area (Å²) >= 11 is 0. The third-order valence-corrected chi connectivity index (χ3v) is 7.72. The van der Waals surface area contributed by atoms with Gasteiger partial charge in [-0.25, -0.2) is 4.79 Å². The third-order valence-electron chi connectivity index (χ3n) is 7.72. The van der Waals surface area contributed by atoms with Gasteiger partial charge in [-0.3, -0.25) is 23.5 Å². The smallest absolute Gasteiger partial charge is 0.331 e. The van der Waals surface area contributed by atoms with Crippen molar-refractivity contribution in [3.05, 3.63) is 39.0 Å². The van der Waals surface area contributed by atoms with Crippen molar-refractivity contribution in [3.8, 4) is 5.75 Å². The summed E-state index contributed by atoms with van der Waals surface area (Å²) in [4.78, 5) is 55.2. The molecular formula is C26H36N4O6. The van der Waals surface area contributed by atoms with Crippen molar-refractivity contribution in [3.63, 3.8) is 0 Å². The molecule has 2 aromatic rings. The van der Waals surface area contributed by atoms with Gasteiger partial charge in [-0.2, -0.15) is 0 Å². The summed E-state index contributed by atoms with van der Waals surface area (Å²) in [6.45, 7) is 3.94. The number of benzene rings is 1. The fourth-order valence-electron chi connectivity index (χ4n) is 5.63. The standard InChI is InChI=1S/C26H36N4O6/c1-17-14-28(11-12-29(17)23(31)16-35-3)24(32)19-7-5-18(6-8-19)15-30-25(33)21-13-20(36-4)9-10-22(21)27(2)26(30)34/h9-10,13,17-19H,5-8,11-12,14-16H2,1-4H3/t17-,18-,19-/m1/s1. The van der Waals surface area contributed by atoms with Crippen LogP contribution in [-0.4, -0.2) is 77.3 Å². The van der Waals surface area contributed by atoms with E-state index in [4.69, 9.17) is 9.47 Å². The number of aromatic nitrogens is 2. The first-order valence-electron chi connectivity index (χ1n) is 12.6. The number of methoxy groups -OCH3 is 2. The van der Waals surface area contributed by atoms with E-state index in [1.165, 1.54) is 16.2 Å². The van der Waals surface area contributed by atoms with Gasteiger partial charge in [-0.1, -0.05) is 0 Å². The Kier molecular flexibility index (Phi) is 7.82. The summed E-state index contributed by atoms with van der Waals surface area (Å²) in [5, 5.41) is 0.456. The number of aryl methyl sites for hydroxylation is 1. The van der Waals surface area contributed by atoms with Crippen LogP contribution >= 0.6 is 0 Å². The quantitative estimate of drug-likeness (QED) is 0.591. The van der Waals surface area contributed by atoms with Crippen molar-refractivity contribution >= 4 is 22.7 Å². The van der Waals surface area contributed by atoms with E-state index in [0.717, 1.165) is 25.7 Å². The fraction of sp³-hybridized carbons (Fsp3) is 0.615. The van der Waals surface area contributed by atoms with Crippen LogP contribution in [0, 0.1) is 11.8 Å². The number of ether oxygens (including phenoxy) is 2. The average molecular weight is 501 g/mol. The number of hydrogen-bond acceptors (Lipinski definition) is 6. The average Bonchev–Trinajstić information content (AvgIpc) is 2.89. The summed E-state index contributed by atoms with van der Waals surface area (Å²) in [7, 11) is 4.72. The number of rotatable bonds is 6. The molecule has 0 N–H and O–H groups in total. The molecule has 2 amide bonds. The van der Waals surface area contributed by atoms with Crippen LogP contribution < -0.4 is 16.0 Å². The van der Waals surface area contributed by atoms with Gasteiger partial charge in [-0.05, 0) is 56.7 Å². The maximum absolute atomic E-state index is 13.2. The van der Waals surface area contributed by atoms with E-state index in [9.17, 15) is 19.2 Å². The monoisotopic (exact) mass is 500 g/mol. The number of amides is 2. The lowest BCUT2D eigenvalue weighted by molar-refractivity contribution is -0.147. The highest BCUT2D eigenvalue weighted by Crippen LogP contribution is 2.31. The number of fused-ring (bicyclic) bond motifs is 1. The first-order chi connectivity index (χ1) is 17.2. The second-order valence-corrected chi connectivity index (χ2v) is 10.0. The molecule has 10 nitrogen and oxygen atoms in total. The van der Waals surface area contributed by atoms with Gasteiger partial charge in [0.2, 0.25) is 11.8 Å². The minimum Gasteiger partial charge on any atom is -0.497 e. The van der Waals surface area contributed by atoms with Crippen LogP contribution in [0.25, 0.3) is 10.9 Å². The molecule has 10 heteroatoms. The van der Waals surface area contributed by atoms with E-state index in [-0.39, 0.29) is 47.5 Å². The van der Waals surface area contributed by atoms with Crippen LogP contribution in [0.1, 0.15) is 32.6 Å². The van der Waals surface area contributed by atoms with E-state index in [2.05, 4.69) is 0 Å². The predicted molar refractivity (Wildman–Crippen MR) is 135 cm³/mol. The second kappa shape index (κ2) is 10.9. The Hall–Kier alpha value is -3.14. The molecule has 0 radical (unpaired) electrons. The highest BCUT2D eigenvalue weighted by Gasteiger charge is 2.34. The zero-order chi connectivity index (χ0) is 26.0. The zero-order valence-corrected chi connectivity index (χ0v) is 21.6. The summed E-state index contributed by atoms with van der Waals surface area (Å²) in [5.74, 6) is 0.762. The zero-order valence-electron chi connectivity index (χ0n) is 21.6. The van der Waals surface area contributed by atoms with Crippen molar-refractivity contribution in [2.75, 3.05) is 40.5 Å².